The van der Waals surface area contributed by atoms with Gasteiger partial charge in [0.15, 0.2) is 11.5 Å². The third kappa shape index (κ3) is 5.29. The second kappa shape index (κ2) is 10.5. The molecule has 4 nitrogen and oxygen atoms in total. The predicted octanol–water partition coefficient (Wildman–Crippen LogP) is 6.45. The van der Waals surface area contributed by atoms with Crippen molar-refractivity contribution in [3.8, 4) is 34.1 Å². The molecule has 1 N–H and O–H groups in total. The van der Waals surface area contributed by atoms with Gasteiger partial charge in [0.05, 0.1) is 14.2 Å². The van der Waals surface area contributed by atoms with Gasteiger partial charge in [0.25, 0.3) is 0 Å². The number of nitrogens with one attached hydrogen (secondary N) is 1. The molecular weight excluding hydrogens is 398 g/mol. The Morgan fingerprint density at radius 3 is 1.72 bits per heavy atom. The quantitative estimate of drug-likeness (QED) is 0.334. The molecule has 0 aromatic heterocycles. The van der Waals surface area contributed by atoms with Gasteiger partial charge in [-0.25, -0.2) is 0 Å². The number of hydrogen-bond donors (Lipinski definition) is 1. The predicted molar refractivity (Wildman–Crippen MR) is 128 cm³/mol. The average Bonchev–Trinajstić information content (AvgIpc) is 2.86. The monoisotopic (exact) mass is 425 g/mol. The lowest BCUT2D eigenvalue weighted by molar-refractivity contribution is 0.379. The van der Waals surface area contributed by atoms with E-state index in [2.05, 4.69) is 47.8 Å². The van der Waals surface area contributed by atoms with Crippen LogP contribution in [0.1, 0.15) is 11.1 Å². The van der Waals surface area contributed by atoms with E-state index in [0.717, 1.165) is 41.5 Å². The largest absolute Gasteiger partial charge is 0.496 e. The first kappa shape index (κ1) is 21.5. The maximum Gasteiger partial charge on any atom is 0.169 e. The summed E-state index contributed by atoms with van der Waals surface area (Å²) in [4.78, 5) is 0. The van der Waals surface area contributed by atoms with Gasteiger partial charge in [-0.15, -0.1) is 0 Å². The first-order chi connectivity index (χ1) is 15.8. The van der Waals surface area contributed by atoms with Crippen molar-refractivity contribution in [3.63, 3.8) is 0 Å². The molecule has 4 heteroatoms. The number of ether oxygens (including phenoxy) is 3. The highest BCUT2D eigenvalue weighted by molar-refractivity contribution is 5.70. The zero-order valence-corrected chi connectivity index (χ0v) is 18.4. The van der Waals surface area contributed by atoms with Crippen LogP contribution in [0, 0.1) is 0 Å². The van der Waals surface area contributed by atoms with Crippen LogP contribution >= 0.6 is 0 Å². The van der Waals surface area contributed by atoms with Gasteiger partial charge in [0, 0.05) is 18.7 Å². The molecule has 4 rings (SSSR count). The van der Waals surface area contributed by atoms with E-state index in [-0.39, 0.29) is 0 Å². The molecule has 0 radical (unpaired) electrons. The average molecular weight is 426 g/mol. The molecule has 4 aromatic carbocycles. The number of para-hydroxylation sites is 3. The first-order valence-corrected chi connectivity index (χ1v) is 10.6. The van der Waals surface area contributed by atoms with E-state index in [1.807, 2.05) is 54.6 Å². The van der Waals surface area contributed by atoms with Gasteiger partial charge in [-0.2, -0.15) is 0 Å². The van der Waals surface area contributed by atoms with Crippen molar-refractivity contribution >= 4 is 0 Å². The van der Waals surface area contributed by atoms with Crippen molar-refractivity contribution in [1.29, 1.82) is 0 Å². The SMILES string of the molecule is COc1ccccc1Oc1ccc(CNCc2ccc(-c3ccccc3OC)cc2)cc1. The molecule has 0 bridgehead atoms. The molecule has 0 saturated carbocycles. The van der Waals surface area contributed by atoms with E-state index in [0.29, 0.717) is 5.75 Å². The number of benzene rings is 4. The van der Waals surface area contributed by atoms with E-state index >= 15 is 0 Å². The second-order valence-corrected chi connectivity index (χ2v) is 7.40. The minimum Gasteiger partial charge on any atom is -0.496 e. The summed E-state index contributed by atoms with van der Waals surface area (Å²) in [5.74, 6) is 3.09. The van der Waals surface area contributed by atoms with Crippen LogP contribution in [-0.4, -0.2) is 14.2 Å². The number of hydrogen-bond acceptors (Lipinski definition) is 4. The molecule has 0 unspecified atom stereocenters. The third-order valence-electron chi connectivity index (χ3n) is 5.25. The Hall–Kier alpha value is -3.76. The molecule has 0 aliphatic carbocycles. The summed E-state index contributed by atoms with van der Waals surface area (Å²) < 4.78 is 16.7. The van der Waals surface area contributed by atoms with Gasteiger partial charge in [-0.05, 0) is 47.0 Å². The summed E-state index contributed by atoms with van der Waals surface area (Å²) in [6.45, 7) is 1.58. The van der Waals surface area contributed by atoms with Crippen LogP contribution in [0.3, 0.4) is 0 Å². The Kier molecular flexibility index (Phi) is 7.05. The summed E-state index contributed by atoms with van der Waals surface area (Å²) in [7, 11) is 3.34. The van der Waals surface area contributed by atoms with Gasteiger partial charge in [-0.1, -0.05) is 66.7 Å². The standard InChI is InChI=1S/C28H27NO3/c1-30-26-8-4-3-7-25(26)23-15-11-21(12-16-23)19-29-20-22-13-17-24(18-14-22)32-28-10-6-5-9-27(28)31-2/h3-18,29H,19-20H2,1-2H3. The lowest BCUT2D eigenvalue weighted by Gasteiger charge is -2.11. The topological polar surface area (TPSA) is 39.7 Å². The highest BCUT2D eigenvalue weighted by atomic mass is 16.5. The zero-order chi connectivity index (χ0) is 22.2. The van der Waals surface area contributed by atoms with Crippen LogP contribution in [0.15, 0.2) is 97.1 Å². The van der Waals surface area contributed by atoms with Gasteiger partial charge in [0.2, 0.25) is 0 Å². The van der Waals surface area contributed by atoms with E-state index in [1.165, 1.54) is 11.1 Å². The Morgan fingerprint density at radius 2 is 1.09 bits per heavy atom. The molecule has 0 saturated heterocycles. The molecule has 0 aliphatic rings. The van der Waals surface area contributed by atoms with Gasteiger partial charge in [0.1, 0.15) is 11.5 Å². The highest BCUT2D eigenvalue weighted by Gasteiger charge is 2.06. The molecule has 32 heavy (non-hydrogen) atoms. The lowest BCUT2D eigenvalue weighted by Crippen LogP contribution is -2.12. The Labute approximate surface area is 189 Å². The van der Waals surface area contributed by atoms with Crippen molar-refractivity contribution in [3.05, 3.63) is 108 Å². The maximum atomic E-state index is 5.94. The Balaban J connectivity index is 1.31. The Morgan fingerprint density at radius 1 is 0.562 bits per heavy atom. The van der Waals surface area contributed by atoms with Gasteiger partial charge >= 0.3 is 0 Å². The molecule has 162 valence electrons. The van der Waals surface area contributed by atoms with Crippen LogP contribution in [-0.2, 0) is 13.1 Å². The fourth-order valence-electron chi connectivity index (χ4n) is 3.54. The summed E-state index contributed by atoms with van der Waals surface area (Å²) in [5.41, 5.74) is 4.68. The normalized spacial score (nSPS) is 10.6. The summed E-state index contributed by atoms with van der Waals surface area (Å²) in [6.07, 6.45) is 0. The van der Waals surface area contributed by atoms with E-state index in [1.54, 1.807) is 14.2 Å². The fraction of sp³-hybridized carbons (Fsp3) is 0.143. The molecule has 4 aromatic rings. The molecule has 0 heterocycles. The highest BCUT2D eigenvalue weighted by Crippen LogP contribution is 2.31. The number of methoxy groups -OCH3 is 2. The van der Waals surface area contributed by atoms with Crippen LogP contribution < -0.4 is 19.5 Å². The van der Waals surface area contributed by atoms with Crippen LogP contribution in [0.2, 0.25) is 0 Å². The molecule has 0 aliphatic heterocycles. The van der Waals surface area contributed by atoms with Gasteiger partial charge < -0.3 is 19.5 Å². The van der Waals surface area contributed by atoms with Crippen molar-refractivity contribution < 1.29 is 14.2 Å². The second-order valence-electron chi connectivity index (χ2n) is 7.40. The number of rotatable bonds is 9. The summed E-state index contributed by atoms with van der Waals surface area (Å²) in [6, 6.07) is 32.4. The molecule has 0 spiro atoms. The smallest absolute Gasteiger partial charge is 0.169 e. The van der Waals surface area contributed by atoms with E-state index in [4.69, 9.17) is 14.2 Å². The lowest BCUT2D eigenvalue weighted by atomic mass is 10.0. The zero-order valence-electron chi connectivity index (χ0n) is 18.4. The van der Waals surface area contributed by atoms with Crippen molar-refractivity contribution in [2.45, 2.75) is 13.1 Å². The minimum absolute atomic E-state index is 0.706. The maximum absolute atomic E-state index is 5.94. The van der Waals surface area contributed by atoms with Crippen LogP contribution in [0.5, 0.6) is 23.0 Å². The van der Waals surface area contributed by atoms with Crippen molar-refractivity contribution in [2.24, 2.45) is 0 Å². The molecular formula is C28H27NO3. The minimum atomic E-state index is 0.706. The van der Waals surface area contributed by atoms with Crippen molar-refractivity contribution in [1.82, 2.24) is 5.32 Å². The van der Waals surface area contributed by atoms with E-state index < -0.39 is 0 Å². The van der Waals surface area contributed by atoms with E-state index in [9.17, 15) is 0 Å². The van der Waals surface area contributed by atoms with Gasteiger partial charge in [-0.3, -0.25) is 0 Å². The first-order valence-electron chi connectivity index (χ1n) is 10.6. The summed E-state index contributed by atoms with van der Waals surface area (Å²) in [5, 5.41) is 3.50. The molecule has 0 fully saturated rings. The fourth-order valence-corrected chi connectivity index (χ4v) is 3.54. The Bertz CT molecular complexity index is 1140. The summed E-state index contributed by atoms with van der Waals surface area (Å²) >= 11 is 0. The van der Waals surface area contributed by atoms with Crippen molar-refractivity contribution in [2.75, 3.05) is 14.2 Å². The third-order valence-corrected chi connectivity index (χ3v) is 5.25. The molecule has 0 amide bonds. The molecule has 0 atom stereocenters. The van der Waals surface area contributed by atoms with Crippen LogP contribution in [0.4, 0.5) is 0 Å². The van der Waals surface area contributed by atoms with Crippen LogP contribution in [0.25, 0.3) is 11.1 Å².